The molecule has 0 aliphatic heterocycles. The number of nitrogens with zero attached hydrogens (tertiary/aromatic N) is 1. The number of rotatable bonds is 6. The van der Waals surface area contributed by atoms with Gasteiger partial charge in [-0.15, -0.1) is 0 Å². The van der Waals surface area contributed by atoms with Gasteiger partial charge in [0.15, 0.2) is 6.61 Å². The number of aromatic carboxylic acids is 1. The Hall–Kier alpha value is -3.67. The van der Waals surface area contributed by atoms with Crippen LogP contribution >= 0.6 is 0 Å². The van der Waals surface area contributed by atoms with Crippen molar-refractivity contribution in [1.29, 1.82) is 0 Å². The Balaban J connectivity index is 1.55. The highest BCUT2D eigenvalue weighted by Gasteiger charge is 2.05. The molecule has 0 spiro atoms. The molecule has 0 radical (unpaired) electrons. The first-order chi connectivity index (χ1) is 12.6. The summed E-state index contributed by atoms with van der Waals surface area (Å²) in [5, 5.41) is 14.6. The Morgan fingerprint density at radius 1 is 1.00 bits per heavy atom. The molecule has 0 aliphatic rings. The van der Waals surface area contributed by atoms with E-state index in [0.717, 1.165) is 10.8 Å². The average molecular weight is 348 g/mol. The van der Waals surface area contributed by atoms with Crippen LogP contribution in [-0.4, -0.2) is 29.8 Å². The first kappa shape index (κ1) is 17.2. The second-order valence-electron chi connectivity index (χ2n) is 5.49. The molecule has 1 amide bonds. The van der Waals surface area contributed by atoms with Crippen molar-refractivity contribution < 1.29 is 19.4 Å². The van der Waals surface area contributed by atoms with Crippen LogP contribution in [0.1, 0.15) is 15.9 Å². The Morgan fingerprint density at radius 3 is 2.50 bits per heavy atom. The lowest BCUT2D eigenvalue weighted by atomic mass is 10.1. The maximum atomic E-state index is 11.9. The summed E-state index contributed by atoms with van der Waals surface area (Å²) in [5.41, 5.74) is 3.24. The van der Waals surface area contributed by atoms with E-state index in [1.54, 1.807) is 12.1 Å². The third kappa shape index (κ3) is 4.24. The van der Waals surface area contributed by atoms with Gasteiger partial charge in [-0.2, -0.15) is 5.10 Å². The Bertz CT molecular complexity index is 960. The van der Waals surface area contributed by atoms with Gasteiger partial charge >= 0.3 is 5.97 Å². The van der Waals surface area contributed by atoms with Gasteiger partial charge in [-0.3, -0.25) is 4.79 Å². The van der Waals surface area contributed by atoms with Crippen LogP contribution in [0.4, 0.5) is 0 Å². The Kier molecular flexibility index (Phi) is 5.24. The van der Waals surface area contributed by atoms with E-state index in [1.165, 1.54) is 18.3 Å². The van der Waals surface area contributed by atoms with E-state index >= 15 is 0 Å². The van der Waals surface area contributed by atoms with Crippen molar-refractivity contribution in [3.63, 3.8) is 0 Å². The van der Waals surface area contributed by atoms with E-state index in [9.17, 15) is 9.59 Å². The monoisotopic (exact) mass is 348 g/mol. The predicted octanol–water partition coefficient (Wildman–Crippen LogP) is 3.07. The number of nitrogens with one attached hydrogen (secondary N) is 1. The minimum absolute atomic E-state index is 0.163. The standard InChI is InChI=1S/C20H16N2O4/c23-19(22-21-12-14-8-10-16(11-9-14)20(24)25)13-26-18-7-3-5-15-4-1-2-6-17(15)18/h1-12H,13H2,(H,22,23)(H,24,25)/b21-12+. The normalized spacial score (nSPS) is 10.8. The molecular weight excluding hydrogens is 332 g/mol. The number of hydrazone groups is 1. The average Bonchev–Trinajstić information content (AvgIpc) is 2.66. The summed E-state index contributed by atoms with van der Waals surface area (Å²) in [6.45, 7) is -0.163. The van der Waals surface area contributed by atoms with Crippen molar-refractivity contribution >= 4 is 28.9 Å². The smallest absolute Gasteiger partial charge is 0.335 e. The molecule has 0 atom stereocenters. The molecule has 0 aromatic heterocycles. The number of amides is 1. The minimum atomic E-state index is -0.993. The Labute approximate surface area is 149 Å². The zero-order valence-electron chi connectivity index (χ0n) is 13.8. The number of carboxylic acids is 1. The molecule has 6 nitrogen and oxygen atoms in total. The van der Waals surface area contributed by atoms with Crippen molar-refractivity contribution in [3.05, 3.63) is 77.9 Å². The number of benzene rings is 3. The maximum absolute atomic E-state index is 11.9. The summed E-state index contributed by atoms with van der Waals surface area (Å²) in [6.07, 6.45) is 1.43. The van der Waals surface area contributed by atoms with Crippen molar-refractivity contribution in [2.45, 2.75) is 0 Å². The zero-order valence-corrected chi connectivity index (χ0v) is 13.8. The highest BCUT2D eigenvalue weighted by Crippen LogP contribution is 2.24. The Morgan fingerprint density at radius 2 is 1.73 bits per heavy atom. The molecule has 0 heterocycles. The van der Waals surface area contributed by atoms with Crippen LogP contribution in [-0.2, 0) is 4.79 Å². The van der Waals surface area contributed by atoms with E-state index in [0.29, 0.717) is 11.3 Å². The van der Waals surface area contributed by atoms with Gasteiger partial charge in [0.1, 0.15) is 5.75 Å². The summed E-state index contributed by atoms with van der Waals surface area (Å²) in [7, 11) is 0. The van der Waals surface area contributed by atoms with Gasteiger partial charge in [-0.05, 0) is 29.1 Å². The molecule has 3 aromatic rings. The van der Waals surface area contributed by atoms with Gasteiger partial charge in [0.2, 0.25) is 0 Å². The molecular formula is C20H16N2O4. The molecule has 0 aliphatic carbocycles. The van der Waals surface area contributed by atoms with Crippen LogP contribution in [0.5, 0.6) is 5.75 Å². The minimum Gasteiger partial charge on any atom is -0.483 e. The van der Waals surface area contributed by atoms with E-state index in [-0.39, 0.29) is 12.2 Å². The molecule has 0 saturated carbocycles. The highest BCUT2D eigenvalue weighted by atomic mass is 16.5. The summed E-state index contributed by atoms with van der Waals surface area (Å²) < 4.78 is 5.57. The topological polar surface area (TPSA) is 88.0 Å². The van der Waals surface area contributed by atoms with E-state index in [2.05, 4.69) is 10.5 Å². The fraction of sp³-hybridized carbons (Fsp3) is 0.0500. The SMILES string of the molecule is O=C(COc1cccc2ccccc12)N/N=C/c1ccc(C(=O)O)cc1. The van der Waals surface area contributed by atoms with Crippen LogP contribution < -0.4 is 10.2 Å². The van der Waals surface area contributed by atoms with Crippen LogP contribution in [0, 0.1) is 0 Å². The number of ether oxygens (including phenoxy) is 1. The fourth-order valence-electron chi connectivity index (χ4n) is 2.39. The highest BCUT2D eigenvalue weighted by molar-refractivity contribution is 5.90. The fourth-order valence-corrected chi connectivity index (χ4v) is 2.39. The number of hydrogen-bond donors (Lipinski definition) is 2. The van der Waals surface area contributed by atoms with Crippen molar-refractivity contribution in [3.8, 4) is 5.75 Å². The number of carbonyl (C=O) groups is 2. The number of carbonyl (C=O) groups excluding carboxylic acids is 1. The van der Waals surface area contributed by atoms with Gasteiger partial charge in [0.25, 0.3) is 5.91 Å². The van der Waals surface area contributed by atoms with Gasteiger partial charge in [0, 0.05) is 5.39 Å². The lowest BCUT2D eigenvalue weighted by Gasteiger charge is -2.08. The summed E-state index contributed by atoms with van der Waals surface area (Å²) in [6, 6.07) is 19.6. The van der Waals surface area contributed by atoms with E-state index in [1.807, 2.05) is 42.5 Å². The number of hydrogen-bond acceptors (Lipinski definition) is 4. The predicted molar refractivity (Wildman–Crippen MR) is 98.6 cm³/mol. The van der Waals surface area contributed by atoms with Crippen LogP contribution in [0.2, 0.25) is 0 Å². The van der Waals surface area contributed by atoms with Crippen molar-refractivity contribution in [2.75, 3.05) is 6.61 Å². The molecule has 0 fully saturated rings. The van der Waals surface area contributed by atoms with Gasteiger partial charge < -0.3 is 9.84 Å². The van der Waals surface area contributed by atoms with Crippen LogP contribution in [0.3, 0.4) is 0 Å². The van der Waals surface area contributed by atoms with Gasteiger partial charge in [-0.1, -0.05) is 48.5 Å². The van der Waals surface area contributed by atoms with Gasteiger partial charge in [0.05, 0.1) is 11.8 Å². The molecule has 0 saturated heterocycles. The molecule has 3 rings (SSSR count). The lowest BCUT2D eigenvalue weighted by Crippen LogP contribution is -2.24. The van der Waals surface area contributed by atoms with Crippen LogP contribution in [0.25, 0.3) is 10.8 Å². The first-order valence-corrected chi connectivity index (χ1v) is 7.89. The van der Waals surface area contributed by atoms with Crippen molar-refractivity contribution in [2.24, 2.45) is 5.10 Å². The van der Waals surface area contributed by atoms with E-state index in [4.69, 9.17) is 9.84 Å². The quantitative estimate of drug-likeness (QED) is 0.529. The molecule has 3 aromatic carbocycles. The van der Waals surface area contributed by atoms with Crippen LogP contribution in [0.15, 0.2) is 71.8 Å². The molecule has 6 heteroatoms. The summed E-state index contributed by atoms with van der Waals surface area (Å²) in [5.74, 6) is -0.754. The molecule has 2 N–H and O–H groups in total. The molecule has 26 heavy (non-hydrogen) atoms. The second kappa shape index (κ2) is 7.94. The largest absolute Gasteiger partial charge is 0.483 e. The zero-order chi connectivity index (χ0) is 18.4. The second-order valence-corrected chi connectivity index (χ2v) is 5.49. The maximum Gasteiger partial charge on any atom is 0.335 e. The van der Waals surface area contributed by atoms with Crippen molar-refractivity contribution in [1.82, 2.24) is 5.43 Å². The molecule has 0 unspecified atom stereocenters. The summed E-state index contributed by atoms with van der Waals surface area (Å²) in [4.78, 5) is 22.6. The first-order valence-electron chi connectivity index (χ1n) is 7.89. The van der Waals surface area contributed by atoms with Gasteiger partial charge in [-0.25, -0.2) is 10.2 Å². The third-order valence-electron chi connectivity index (χ3n) is 3.67. The lowest BCUT2D eigenvalue weighted by molar-refractivity contribution is -0.123. The molecule has 130 valence electrons. The molecule has 0 bridgehead atoms. The third-order valence-corrected chi connectivity index (χ3v) is 3.67. The number of carboxylic acid groups (broad SMARTS) is 1. The van der Waals surface area contributed by atoms with E-state index < -0.39 is 11.9 Å². The number of fused-ring (bicyclic) bond motifs is 1. The summed E-state index contributed by atoms with van der Waals surface area (Å²) >= 11 is 0.